The number of hydrogen-bond donors (Lipinski definition) is 7. The molecule has 0 saturated heterocycles. The van der Waals surface area contributed by atoms with Crippen LogP contribution in [0.2, 0.25) is 0 Å². The van der Waals surface area contributed by atoms with Gasteiger partial charge in [-0.1, -0.05) is 30.3 Å². The fourth-order valence-corrected chi connectivity index (χ4v) is 4.22. The molecule has 0 spiro atoms. The Morgan fingerprint density at radius 2 is 1.63 bits per heavy atom. The number of nitrogens with two attached hydrogens (primary N) is 2. The van der Waals surface area contributed by atoms with Gasteiger partial charge in [0, 0.05) is 23.2 Å². The minimum atomic E-state index is -5.08. The predicted octanol–water partition coefficient (Wildman–Crippen LogP) is 2.53. The van der Waals surface area contributed by atoms with E-state index in [1.165, 1.54) is 24.3 Å². The topological polar surface area (TPSA) is 235 Å². The highest BCUT2D eigenvalue weighted by molar-refractivity contribution is 7.89. The van der Waals surface area contributed by atoms with Crippen LogP contribution in [0.3, 0.4) is 0 Å². The molecule has 0 heterocycles. The number of rotatable bonds is 8. The first-order valence-corrected chi connectivity index (χ1v) is 13.3. The summed E-state index contributed by atoms with van der Waals surface area (Å²) in [6.07, 6.45) is -6.06. The van der Waals surface area contributed by atoms with E-state index in [9.17, 15) is 36.3 Å². The molecular weight excluding hydrogens is 599 g/mol. The van der Waals surface area contributed by atoms with Crippen LogP contribution in [0.4, 0.5) is 23.7 Å². The molecule has 13 nitrogen and oxygen atoms in total. The lowest BCUT2D eigenvalue weighted by molar-refractivity contribution is -0.192. The number of phenols is 1. The normalized spacial score (nSPS) is 11.7. The number of aromatic hydroxyl groups is 1. The van der Waals surface area contributed by atoms with Gasteiger partial charge in [0.2, 0.25) is 15.9 Å². The van der Waals surface area contributed by atoms with E-state index in [0.29, 0.717) is 22.4 Å². The number of carboxylic acids is 1. The minimum Gasteiger partial charge on any atom is -0.508 e. The number of sulfonamides is 1. The van der Waals surface area contributed by atoms with Crippen LogP contribution in [-0.4, -0.2) is 61.8 Å². The quantitative estimate of drug-likeness (QED) is 0.144. The van der Waals surface area contributed by atoms with Crippen LogP contribution in [0.1, 0.15) is 11.1 Å². The van der Waals surface area contributed by atoms with E-state index in [1.807, 2.05) is 0 Å². The van der Waals surface area contributed by atoms with E-state index in [-0.39, 0.29) is 28.5 Å². The average molecular weight is 626 g/mol. The van der Waals surface area contributed by atoms with Crippen LogP contribution in [0.25, 0.3) is 11.1 Å². The summed E-state index contributed by atoms with van der Waals surface area (Å²) in [5.41, 5.74) is 7.48. The van der Waals surface area contributed by atoms with E-state index in [1.54, 1.807) is 42.5 Å². The number of halogens is 3. The lowest BCUT2D eigenvalue weighted by Crippen LogP contribution is -2.45. The molecule has 3 aromatic rings. The van der Waals surface area contributed by atoms with Crippen LogP contribution in [0, 0.1) is 5.41 Å². The monoisotopic (exact) mass is 625 g/mol. The zero-order chi connectivity index (χ0) is 32.5. The number of nitrogen functional groups attached to an aromatic ring is 1. The Labute approximate surface area is 242 Å². The van der Waals surface area contributed by atoms with Crippen LogP contribution in [0.5, 0.6) is 5.75 Å². The summed E-state index contributed by atoms with van der Waals surface area (Å²) < 4.78 is 60.1. The summed E-state index contributed by atoms with van der Waals surface area (Å²) in [6.45, 7) is 0. The molecule has 43 heavy (non-hydrogen) atoms. The van der Waals surface area contributed by atoms with Gasteiger partial charge in [0.25, 0.3) is 0 Å². The average Bonchev–Trinajstić information content (AvgIpc) is 2.93. The van der Waals surface area contributed by atoms with Crippen LogP contribution < -0.4 is 21.5 Å². The van der Waals surface area contributed by atoms with Crippen molar-refractivity contribution in [2.24, 2.45) is 10.9 Å². The van der Waals surface area contributed by atoms with Crippen LogP contribution >= 0.6 is 0 Å². The Hall–Kier alpha value is -5.16. The molecule has 0 aliphatic heterocycles. The molecule has 3 rings (SSSR count). The predicted molar refractivity (Wildman–Crippen MR) is 148 cm³/mol. The number of hydrogen-bond acceptors (Lipinski definition) is 8. The zero-order valence-electron chi connectivity index (χ0n) is 22.2. The maximum absolute atomic E-state index is 13.0. The Morgan fingerprint density at radius 1 is 1.05 bits per heavy atom. The largest absolute Gasteiger partial charge is 0.508 e. The summed E-state index contributed by atoms with van der Waals surface area (Å²) >= 11 is 0. The number of primary sulfonamides is 1. The number of phenolic OH excluding ortho intramolecular Hbond substituents is 1. The SMILES string of the molecule is COC(=O)N[C@@H](Cc1cc(C(=N)N)ccc1O)C(=O)Nc1ccc(-c2ccccc2S(N)(=O)=O)cc1.O=C(O)C(F)(F)F. The Bertz CT molecular complexity index is 1610. The van der Waals surface area contributed by atoms with Crippen molar-refractivity contribution in [1.82, 2.24) is 5.32 Å². The summed E-state index contributed by atoms with van der Waals surface area (Å²) in [6, 6.07) is 15.7. The summed E-state index contributed by atoms with van der Waals surface area (Å²) in [7, 11) is -2.79. The van der Waals surface area contributed by atoms with Crippen LogP contribution in [-0.2, 0) is 30.8 Å². The molecule has 3 aromatic carbocycles. The lowest BCUT2D eigenvalue weighted by atomic mass is 10.0. The maximum atomic E-state index is 13.0. The van der Waals surface area contributed by atoms with Crippen molar-refractivity contribution in [2.45, 2.75) is 23.5 Å². The van der Waals surface area contributed by atoms with Crippen molar-refractivity contribution >= 4 is 39.5 Å². The lowest BCUT2D eigenvalue weighted by Gasteiger charge is -2.19. The van der Waals surface area contributed by atoms with Crippen molar-refractivity contribution in [3.63, 3.8) is 0 Å². The standard InChI is InChI=1S/C24H25N5O6S.C2HF3O2/c1-35-24(32)29-19(13-16-12-15(22(25)26)8-11-20(16)30)23(31)28-17-9-6-14(7-10-17)18-4-2-3-5-21(18)36(27,33)34;3-2(4,5)1(6)7/h2-12,19,30H,13H2,1H3,(H3,25,26)(H,28,31)(H,29,32)(H2,27,33,34);(H,6,7)/t19-;/m0./s1. The molecule has 1 atom stereocenters. The van der Waals surface area contributed by atoms with E-state index in [2.05, 4.69) is 15.4 Å². The Morgan fingerprint density at radius 3 is 2.14 bits per heavy atom. The molecule has 0 unspecified atom stereocenters. The number of amidine groups is 1. The van der Waals surface area contributed by atoms with Gasteiger partial charge in [-0.25, -0.2) is 23.1 Å². The van der Waals surface area contributed by atoms with E-state index in [0.717, 1.165) is 7.11 Å². The van der Waals surface area contributed by atoms with Crippen molar-refractivity contribution in [3.8, 4) is 16.9 Å². The smallest absolute Gasteiger partial charge is 0.490 e. The summed E-state index contributed by atoms with van der Waals surface area (Å²) in [5, 5.41) is 35.3. The number of alkyl halides is 3. The molecule has 0 fully saturated rings. The van der Waals surface area contributed by atoms with Gasteiger partial charge in [0.1, 0.15) is 17.6 Å². The second kappa shape index (κ2) is 14.1. The molecule has 0 aliphatic rings. The van der Waals surface area contributed by atoms with Gasteiger partial charge in [-0.3, -0.25) is 10.2 Å². The fourth-order valence-electron chi connectivity index (χ4n) is 3.46. The molecular formula is C26H26F3N5O8S. The van der Waals surface area contributed by atoms with Crippen molar-refractivity contribution in [1.29, 1.82) is 5.41 Å². The number of methoxy groups -OCH3 is 1. The van der Waals surface area contributed by atoms with Gasteiger partial charge in [0.05, 0.1) is 12.0 Å². The van der Waals surface area contributed by atoms with Crippen LogP contribution in [0.15, 0.2) is 71.6 Å². The molecule has 0 radical (unpaired) electrons. The van der Waals surface area contributed by atoms with E-state index < -0.39 is 40.2 Å². The second-order valence-corrected chi connectivity index (χ2v) is 10.1. The number of carbonyl (C=O) groups excluding carboxylic acids is 2. The van der Waals surface area contributed by atoms with Gasteiger partial charge in [-0.2, -0.15) is 13.2 Å². The number of amides is 2. The third-order valence-electron chi connectivity index (χ3n) is 5.51. The first-order chi connectivity index (χ1) is 19.9. The number of carboxylic acid groups (broad SMARTS) is 1. The number of anilines is 1. The third-order valence-corrected chi connectivity index (χ3v) is 6.48. The van der Waals surface area contributed by atoms with Gasteiger partial charge in [-0.05, 0) is 47.5 Å². The first-order valence-electron chi connectivity index (χ1n) is 11.8. The van der Waals surface area contributed by atoms with Gasteiger partial charge < -0.3 is 31.3 Å². The van der Waals surface area contributed by atoms with Crippen molar-refractivity contribution in [2.75, 3.05) is 12.4 Å². The summed E-state index contributed by atoms with van der Waals surface area (Å²) in [5.74, 6) is -3.72. The fraction of sp³-hybridized carbons (Fsp3) is 0.154. The number of aliphatic carboxylic acids is 1. The molecule has 0 aromatic heterocycles. The van der Waals surface area contributed by atoms with Gasteiger partial charge >= 0.3 is 18.2 Å². The number of ether oxygens (including phenoxy) is 1. The highest BCUT2D eigenvalue weighted by Gasteiger charge is 2.38. The summed E-state index contributed by atoms with van der Waals surface area (Å²) in [4.78, 5) is 33.7. The highest BCUT2D eigenvalue weighted by atomic mass is 32.2. The van der Waals surface area contributed by atoms with Crippen molar-refractivity contribution < 1.29 is 50.9 Å². The Balaban J connectivity index is 0.000000821. The maximum Gasteiger partial charge on any atom is 0.490 e. The first kappa shape index (κ1) is 34.0. The number of nitrogens with one attached hydrogen (secondary N) is 3. The molecule has 2 amide bonds. The third kappa shape index (κ3) is 10.0. The van der Waals surface area contributed by atoms with E-state index in [4.69, 9.17) is 26.2 Å². The van der Waals surface area contributed by atoms with Gasteiger partial charge in [-0.15, -0.1) is 0 Å². The Kier molecular flexibility index (Phi) is 11.2. The number of alkyl carbamates (subject to hydrolysis) is 1. The van der Waals surface area contributed by atoms with Gasteiger partial charge in [0.15, 0.2) is 0 Å². The minimum absolute atomic E-state index is 0.0308. The molecule has 0 saturated carbocycles. The number of carbonyl (C=O) groups is 3. The highest BCUT2D eigenvalue weighted by Crippen LogP contribution is 2.28. The molecule has 0 bridgehead atoms. The van der Waals surface area contributed by atoms with Crippen molar-refractivity contribution in [3.05, 3.63) is 77.9 Å². The zero-order valence-corrected chi connectivity index (χ0v) is 23.0. The van der Waals surface area contributed by atoms with E-state index >= 15 is 0 Å². The number of benzene rings is 3. The molecule has 17 heteroatoms. The second-order valence-electron chi connectivity index (χ2n) is 8.56. The molecule has 9 N–H and O–H groups in total. The molecule has 230 valence electrons. The molecule has 0 aliphatic carbocycles.